The van der Waals surface area contributed by atoms with Gasteiger partial charge in [0.25, 0.3) is 0 Å². The highest BCUT2D eigenvalue weighted by molar-refractivity contribution is 6.31. The molecule has 1 aromatic rings. The lowest BCUT2D eigenvalue weighted by atomic mass is 10.2. The number of hydrogen-bond donors (Lipinski definition) is 1. The van der Waals surface area contributed by atoms with Crippen LogP contribution in [0.2, 0.25) is 5.02 Å². The van der Waals surface area contributed by atoms with Crippen LogP contribution in [0.15, 0.2) is 18.2 Å². The fourth-order valence-electron chi connectivity index (χ4n) is 1.72. The van der Waals surface area contributed by atoms with Crippen LogP contribution in [0.5, 0.6) is 5.75 Å². The summed E-state index contributed by atoms with van der Waals surface area (Å²) in [5.41, 5.74) is -0.859. The molecule has 1 aromatic carbocycles. The van der Waals surface area contributed by atoms with Gasteiger partial charge in [0.2, 0.25) is 0 Å². The number of hydrogen-bond acceptors (Lipinski definition) is 2. The SMILES string of the molecule is FC(F)(F)c1cc(OC2CCNC2)ccc1Cl. The van der Waals surface area contributed by atoms with Gasteiger partial charge in [0.1, 0.15) is 11.9 Å². The Labute approximate surface area is 102 Å². The number of halogens is 4. The molecule has 0 aromatic heterocycles. The van der Waals surface area contributed by atoms with E-state index in [1.54, 1.807) is 0 Å². The maximum Gasteiger partial charge on any atom is 0.417 e. The summed E-state index contributed by atoms with van der Waals surface area (Å²) in [5, 5.41) is 2.76. The van der Waals surface area contributed by atoms with E-state index in [2.05, 4.69) is 5.32 Å². The van der Waals surface area contributed by atoms with Crippen LogP contribution in [-0.2, 0) is 6.18 Å². The average molecular weight is 266 g/mol. The van der Waals surface area contributed by atoms with E-state index >= 15 is 0 Å². The molecule has 6 heteroatoms. The fourth-order valence-corrected chi connectivity index (χ4v) is 1.94. The molecule has 1 aliphatic rings. The molecule has 0 bridgehead atoms. The van der Waals surface area contributed by atoms with Crippen LogP contribution in [-0.4, -0.2) is 19.2 Å². The Morgan fingerprint density at radius 3 is 2.71 bits per heavy atom. The zero-order valence-corrected chi connectivity index (χ0v) is 9.61. The van der Waals surface area contributed by atoms with Crippen LogP contribution in [0, 0.1) is 0 Å². The summed E-state index contributed by atoms with van der Waals surface area (Å²) in [4.78, 5) is 0. The molecular formula is C11H11ClF3NO. The summed E-state index contributed by atoms with van der Waals surface area (Å²) in [7, 11) is 0. The first-order valence-corrected chi connectivity index (χ1v) is 5.59. The molecule has 2 nitrogen and oxygen atoms in total. The summed E-state index contributed by atoms with van der Waals surface area (Å²) >= 11 is 5.51. The van der Waals surface area contributed by atoms with Crippen molar-refractivity contribution in [2.75, 3.05) is 13.1 Å². The third-order valence-corrected chi connectivity index (χ3v) is 2.89. The van der Waals surface area contributed by atoms with Crippen LogP contribution in [0.1, 0.15) is 12.0 Å². The Morgan fingerprint density at radius 1 is 1.35 bits per heavy atom. The smallest absolute Gasteiger partial charge is 0.417 e. The lowest BCUT2D eigenvalue weighted by Gasteiger charge is -2.15. The van der Waals surface area contributed by atoms with Gasteiger partial charge in [0, 0.05) is 6.54 Å². The lowest BCUT2D eigenvalue weighted by Crippen LogP contribution is -2.19. The van der Waals surface area contributed by atoms with Gasteiger partial charge in [-0.3, -0.25) is 0 Å². The number of alkyl halides is 3. The maximum atomic E-state index is 12.6. The minimum Gasteiger partial charge on any atom is -0.489 e. The molecule has 1 heterocycles. The van der Waals surface area contributed by atoms with E-state index in [1.807, 2.05) is 0 Å². The van der Waals surface area contributed by atoms with Crippen LogP contribution < -0.4 is 10.1 Å². The quantitative estimate of drug-likeness (QED) is 0.887. The van der Waals surface area contributed by atoms with Gasteiger partial charge in [0.05, 0.1) is 10.6 Å². The summed E-state index contributed by atoms with van der Waals surface area (Å²) in [6, 6.07) is 3.61. The van der Waals surface area contributed by atoms with Gasteiger partial charge in [-0.2, -0.15) is 13.2 Å². The predicted molar refractivity (Wildman–Crippen MR) is 58.4 cm³/mol. The molecule has 1 saturated heterocycles. The standard InChI is InChI=1S/C11H11ClF3NO/c12-10-2-1-7(5-9(10)11(13,14)15)17-8-3-4-16-6-8/h1-2,5,8,16H,3-4,6H2. The molecule has 1 fully saturated rings. The highest BCUT2D eigenvalue weighted by atomic mass is 35.5. The van der Waals surface area contributed by atoms with Crippen molar-refractivity contribution in [2.45, 2.75) is 18.7 Å². The molecule has 1 N–H and O–H groups in total. The van der Waals surface area contributed by atoms with Crippen molar-refractivity contribution < 1.29 is 17.9 Å². The first-order valence-electron chi connectivity index (χ1n) is 5.21. The van der Waals surface area contributed by atoms with Gasteiger partial charge in [0.15, 0.2) is 0 Å². The molecule has 1 aliphatic heterocycles. The van der Waals surface area contributed by atoms with Gasteiger partial charge in [-0.15, -0.1) is 0 Å². The van der Waals surface area contributed by atoms with Crippen molar-refractivity contribution in [3.63, 3.8) is 0 Å². The first-order chi connectivity index (χ1) is 7.97. The van der Waals surface area contributed by atoms with Gasteiger partial charge in [-0.25, -0.2) is 0 Å². The second-order valence-electron chi connectivity index (χ2n) is 3.87. The fraction of sp³-hybridized carbons (Fsp3) is 0.455. The van der Waals surface area contributed by atoms with Gasteiger partial charge in [-0.1, -0.05) is 11.6 Å². The van der Waals surface area contributed by atoms with Crippen molar-refractivity contribution in [1.82, 2.24) is 5.32 Å². The van der Waals surface area contributed by atoms with Gasteiger partial charge in [-0.05, 0) is 31.2 Å². The van der Waals surface area contributed by atoms with Crippen LogP contribution in [0.3, 0.4) is 0 Å². The Bertz CT molecular complexity index is 402. The molecule has 17 heavy (non-hydrogen) atoms. The van der Waals surface area contributed by atoms with Crippen LogP contribution in [0.25, 0.3) is 0 Å². The molecule has 0 amide bonds. The highest BCUT2D eigenvalue weighted by Crippen LogP contribution is 2.37. The van der Waals surface area contributed by atoms with E-state index in [4.69, 9.17) is 16.3 Å². The minimum atomic E-state index is -4.45. The molecule has 0 radical (unpaired) electrons. The number of nitrogens with one attached hydrogen (secondary N) is 1. The van der Waals surface area contributed by atoms with Crippen molar-refractivity contribution in [3.8, 4) is 5.75 Å². The molecule has 0 aliphatic carbocycles. The second kappa shape index (κ2) is 4.74. The Kier molecular flexibility index (Phi) is 3.49. The lowest BCUT2D eigenvalue weighted by molar-refractivity contribution is -0.137. The zero-order chi connectivity index (χ0) is 12.5. The monoisotopic (exact) mass is 265 g/mol. The van der Waals surface area contributed by atoms with Crippen molar-refractivity contribution >= 4 is 11.6 Å². The van der Waals surface area contributed by atoms with Gasteiger partial charge >= 0.3 is 6.18 Å². The molecule has 1 atom stereocenters. The highest BCUT2D eigenvalue weighted by Gasteiger charge is 2.33. The van der Waals surface area contributed by atoms with E-state index in [-0.39, 0.29) is 16.9 Å². The summed E-state index contributed by atoms with van der Waals surface area (Å²) in [5.74, 6) is 0.204. The minimum absolute atomic E-state index is 0.0720. The Hall–Kier alpha value is -0.940. The largest absolute Gasteiger partial charge is 0.489 e. The third kappa shape index (κ3) is 3.04. The summed E-state index contributed by atoms with van der Waals surface area (Å²) in [6.07, 6.45) is -3.73. The molecule has 0 spiro atoms. The Morgan fingerprint density at radius 2 is 2.12 bits per heavy atom. The number of ether oxygens (including phenoxy) is 1. The molecule has 2 rings (SSSR count). The average Bonchev–Trinajstić information content (AvgIpc) is 2.72. The third-order valence-electron chi connectivity index (χ3n) is 2.56. The van der Waals surface area contributed by atoms with E-state index in [0.29, 0.717) is 6.54 Å². The van der Waals surface area contributed by atoms with Crippen molar-refractivity contribution in [2.24, 2.45) is 0 Å². The van der Waals surface area contributed by atoms with E-state index in [1.165, 1.54) is 12.1 Å². The Balaban J connectivity index is 2.18. The normalized spacial score (nSPS) is 20.6. The second-order valence-corrected chi connectivity index (χ2v) is 4.28. The van der Waals surface area contributed by atoms with E-state index in [0.717, 1.165) is 19.0 Å². The van der Waals surface area contributed by atoms with Crippen molar-refractivity contribution in [3.05, 3.63) is 28.8 Å². The summed E-state index contributed by atoms with van der Waals surface area (Å²) in [6.45, 7) is 1.48. The predicted octanol–water partition coefficient (Wildman–Crippen LogP) is 3.10. The summed E-state index contributed by atoms with van der Waals surface area (Å²) < 4.78 is 43.2. The molecule has 0 saturated carbocycles. The zero-order valence-electron chi connectivity index (χ0n) is 8.85. The topological polar surface area (TPSA) is 21.3 Å². The van der Waals surface area contributed by atoms with Crippen molar-refractivity contribution in [1.29, 1.82) is 0 Å². The van der Waals surface area contributed by atoms with E-state index < -0.39 is 11.7 Å². The molecule has 1 unspecified atom stereocenters. The molecular weight excluding hydrogens is 255 g/mol. The van der Waals surface area contributed by atoms with Crippen LogP contribution >= 0.6 is 11.6 Å². The number of rotatable bonds is 2. The van der Waals surface area contributed by atoms with Gasteiger partial charge < -0.3 is 10.1 Å². The molecule has 94 valence electrons. The maximum absolute atomic E-state index is 12.6. The number of benzene rings is 1. The van der Waals surface area contributed by atoms with Crippen LogP contribution in [0.4, 0.5) is 13.2 Å². The van der Waals surface area contributed by atoms with E-state index in [9.17, 15) is 13.2 Å². The first kappa shape index (κ1) is 12.5.